The van der Waals surface area contributed by atoms with Crippen LogP contribution in [0.5, 0.6) is 0 Å². The summed E-state index contributed by atoms with van der Waals surface area (Å²) in [5, 5.41) is 0. The van der Waals surface area contributed by atoms with Crippen molar-refractivity contribution in [2.45, 2.75) is 24.0 Å². The SMILES string of the molecule is O=S(=O)(OC1c2ccccc2CC1(F)F)C(F)(F)F. The molecular formula is C10H7F5O3S. The molecule has 0 saturated carbocycles. The minimum Gasteiger partial charge on any atom is -0.249 e. The van der Waals surface area contributed by atoms with E-state index in [1.807, 2.05) is 0 Å². The zero-order valence-electron chi connectivity index (χ0n) is 9.12. The highest BCUT2D eigenvalue weighted by atomic mass is 32.2. The largest absolute Gasteiger partial charge is 0.523 e. The molecule has 1 aromatic carbocycles. The van der Waals surface area contributed by atoms with Crippen molar-refractivity contribution in [3.8, 4) is 0 Å². The zero-order valence-corrected chi connectivity index (χ0v) is 9.93. The van der Waals surface area contributed by atoms with E-state index < -0.39 is 34.1 Å². The van der Waals surface area contributed by atoms with Gasteiger partial charge in [-0.1, -0.05) is 24.3 Å². The van der Waals surface area contributed by atoms with E-state index in [4.69, 9.17) is 0 Å². The van der Waals surface area contributed by atoms with Gasteiger partial charge in [0.2, 0.25) is 0 Å². The molecule has 3 nitrogen and oxygen atoms in total. The molecule has 0 saturated heterocycles. The van der Waals surface area contributed by atoms with Crippen LogP contribution >= 0.6 is 0 Å². The van der Waals surface area contributed by atoms with Gasteiger partial charge >= 0.3 is 15.6 Å². The van der Waals surface area contributed by atoms with Crippen molar-refractivity contribution in [1.82, 2.24) is 0 Å². The van der Waals surface area contributed by atoms with Gasteiger partial charge in [0.05, 0.1) is 0 Å². The molecule has 2 rings (SSSR count). The fourth-order valence-electron chi connectivity index (χ4n) is 1.83. The third-order valence-electron chi connectivity index (χ3n) is 2.65. The second-order valence-corrected chi connectivity index (χ2v) is 5.58. The van der Waals surface area contributed by atoms with Gasteiger partial charge in [-0.25, -0.2) is 13.0 Å². The molecule has 0 radical (unpaired) electrons. The molecular weight excluding hydrogens is 295 g/mol. The number of benzene rings is 1. The van der Waals surface area contributed by atoms with Crippen LogP contribution in [0.25, 0.3) is 0 Å². The van der Waals surface area contributed by atoms with Crippen molar-refractivity contribution in [1.29, 1.82) is 0 Å². The topological polar surface area (TPSA) is 43.4 Å². The molecule has 0 fully saturated rings. The second-order valence-electron chi connectivity index (χ2n) is 4.01. The summed E-state index contributed by atoms with van der Waals surface area (Å²) in [6.45, 7) is 0. The molecule has 1 unspecified atom stereocenters. The van der Waals surface area contributed by atoms with Crippen molar-refractivity contribution >= 4 is 10.1 Å². The van der Waals surface area contributed by atoms with Crippen LogP contribution in [-0.2, 0) is 20.7 Å². The van der Waals surface area contributed by atoms with E-state index in [0.717, 1.165) is 6.07 Å². The molecule has 0 heterocycles. The first-order valence-corrected chi connectivity index (χ1v) is 6.40. The average molecular weight is 302 g/mol. The van der Waals surface area contributed by atoms with E-state index >= 15 is 0 Å². The third-order valence-corrected chi connectivity index (χ3v) is 3.67. The summed E-state index contributed by atoms with van der Waals surface area (Å²) in [6.07, 6.45) is -3.31. The first kappa shape index (κ1) is 14.2. The van der Waals surface area contributed by atoms with Gasteiger partial charge in [0.15, 0.2) is 6.10 Å². The first-order valence-electron chi connectivity index (χ1n) is 5.00. The molecule has 1 aliphatic rings. The fourth-order valence-corrected chi connectivity index (χ4v) is 2.44. The molecule has 1 atom stereocenters. The van der Waals surface area contributed by atoms with Gasteiger partial charge < -0.3 is 0 Å². The monoisotopic (exact) mass is 302 g/mol. The summed E-state index contributed by atoms with van der Waals surface area (Å²) in [7, 11) is -6.07. The van der Waals surface area contributed by atoms with Crippen LogP contribution in [0.2, 0.25) is 0 Å². The third kappa shape index (κ3) is 2.44. The van der Waals surface area contributed by atoms with Crippen LogP contribution in [-0.4, -0.2) is 19.8 Å². The van der Waals surface area contributed by atoms with E-state index in [1.54, 1.807) is 0 Å². The lowest BCUT2D eigenvalue weighted by Crippen LogP contribution is -2.32. The fraction of sp³-hybridized carbons (Fsp3) is 0.400. The van der Waals surface area contributed by atoms with Gasteiger partial charge in [0.1, 0.15) is 0 Å². The van der Waals surface area contributed by atoms with Crippen LogP contribution in [0.1, 0.15) is 17.2 Å². The molecule has 9 heteroatoms. The summed E-state index contributed by atoms with van der Waals surface area (Å²) >= 11 is 0. The molecule has 1 aromatic rings. The molecule has 106 valence electrons. The summed E-state index contributed by atoms with van der Waals surface area (Å²) < 4.78 is 88.9. The van der Waals surface area contributed by atoms with Crippen molar-refractivity contribution in [2.75, 3.05) is 0 Å². The van der Waals surface area contributed by atoms with Gasteiger partial charge in [-0.05, 0) is 11.1 Å². The van der Waals surface area contributed by atoms with Gasteiger partial charge in [-0.3, -0.25) is 0 Å². The normalized spacial score (nSPS) is 22.3. The lowest BCUT2D eigenvalue weighted by Gasteiger charge is -2.20. The minimum absolute atomic E-state index is 0.0647. The summed E-state index contributed by atoms with van der Waals surface area (Å²) in [5.41, 5.74) is -5.92. The number of hydrogen-bond donors (Lipinski definition) is 0. The molecule has 0 bridgehead atoms. The maximum Gasteiger partial charge on any atom is 0.523 e. The number of hydrogen-bond acceptors (Lipinski definition) is 3. The summed E-state index contributed by atoms with van der Waals surface area (Å²) in [4.78, 5) is 0. The van der Waals surface area contributed by atoms with E-state index in [1.165, 1.54) is 18.2 Å². The average Bonchev–Trinajstić information content (AvgIpc) is 2.48. The van der Waals surface area contributed by atoms with Gasteiger partial charge in [-0.2, -0.15) is 21.6 Å². The maximum absolute atomic E-state index is 13.6. The van der Waals surface area contributed by atoms with Crippen LogP contribution in [0.4, 0.5) is 22.0 Å². The first-order chi connectivity index (χ1) is 8.55. The highest BCUT2D eigenvalue weighted by molar-refractivity contribution is 7.87. The maximum atomic E-state index is 13.6. The zero-order chi connectivity index (χ0) is 14.5. The standard InChI is InChI=1S/C10H7F5O3S/c11-9(12)5-6-3-1-2-4-7(6)8(9)18-19(16,17)10(13,14)15/h1-4,8H,5H2. The molecule has 0 aromatic heterocycles. The van der Waals surface area contributed by atoms with Crippen molar-refractivity contribution in [2.24, 2.45) is 0 Å². The number of alkyl halides is 5. The summed E-state index contributed by atoms with van der Waals surface area (Å²) in [5.74, 6) is -3.71. The van der Waals surface area contributed by atoms with Crippen molar-refractivity contribution < 1.29 is 34.6 Å². The second kappa shape index (κ2) is 4.14. The highest BCUT2D eigenvalue weighted by Gasteiger charge is 2.56. The Morgan fingerprint density at radius 3 is 2.37 bits per heavy atom. The lowest BCUT2D eigenvalue weighted by atomic mass is 10.1. The number of rotatable bonds is 2. The molecule has 0 aliphatic heterocycles. The van der Waals surface area contributed by atoms with Crippen LogP contribution < -0.4 is 0 Å². The highest BCUT2D eigenvalue weighted by Crippen LogP contribution is 2.47. The van der Waals surface area contributed by atoms with Crippen molar-refractivity contribution in [3.05, 3.63) is 35.4 Å². The Morgan fingerprint density at radius 1 is 1.21 bits per heavy atom. The quantitative estimate of drug-likeness (QED) is 0.479. The van der Waals surface area contributed by atoms with E-state index in [0.29, 0.717) is 0 Å². The predicted molar refractivity (Wildman–Crippen MR) is 53.9 cm³/mol. The Morgan fingerprint density at radius 2 is 1.79 bits per heavy atom. The number of halogens is 5. The van der Waals surface area contributed by atoms with Crippen LogP contribution in [0.15, 0.2) is 24.3 Å². The molecule has 1 aliphatic carbocycles. The Bertz CT molecular complexity index is 593. The van der Waals surface area contributed by atoms with E-state index in [9.17, 15) is 30.4 Å². The number of fused-ring (bicyclic) bond motifs is 1. The van der Waals surface area contributed by atoms with Gasteiger partial charge in [-0.15, -0.1) is 0 Å². The summed E-state index contributed by atoms with van der Waals surface area (Å²) in [6, 6.07) is 5.14. The molecule has 19 heavy (non-hydrogen) atoms. The van der Waals surface area contributed by atoms with Crippen molar-refractivity contribution in [3.63, 3.8) is 0 Å². The molecule has 0 spiro atoms. The van der Waals surface area contributed by atoms with Gasteiger partial charge in [0.25, 0.3) is 5.92 Å². The van der Waals surface area contributed by atoms with Crippen LogP contribution in [0.3, 0.4) is 0 Å². The Kier molecular flexibility index (Phi) is 3.09. The van der Waals surface area contributed by atoms with Crippen LogP contribution in [0, 0.1) is 0 Å². The smallest absolute Gasteiger partial charge is 0.249 e. The minimum atomic E-state index is -6.07. The molecule has 0 amide bonds. The predicted octanol–water partition coefficient (Wildman–Crippen LogP) is 2.79. The van der Waals surface area contributed by atoms with E-state index in [2.05, 4.69) is 4.18 Å². The van der Waals surface area contributed by atoms with E-state index in [-0.39, 0.29) is 11.1 Å². The Labute approximate surface area is 105 Å². The Balaban J connectivity index is 2.40. The van der Waals surface area contributed by atoms with Gasteiger partial charge in [0, 0.05) is 6.42 Å². The lowest BCUT2D eigenvalue weighted by molar-refractivity contribution is -0.101. The molecule has 0 N–H and O–H groups in total. The Hall–Kier alpha value is -1.22.